The van der Waals surface area contributed by atoms with Crippen molar-refractivity contribution in [3.8, 4) is 5.75 Å². The van der Waals surface area contributed by atoms with Crippen LogP contribution in [0.2, 0.25) is 5.02 Å². The zero-order valence-corrected chi connectivity index (χ0v) is 12.7. The van der Waals surface area contributed by atoms with E-state index in [4.69, 9.17) is 16.3 Å². The van der Waals surface area contributed by atoms with Crippen molar-refractivity contribution >= 4 is 11.6 Å². The Kier molecular flexibility index (Phi) is 5.45. The molecule has 20 heavy (non-hydrogen) atoms. The van der Waals surface area contributed by atoms with Gasteiger partial charge in [-0.15, -0.1) is 0 Å². The minimum absolute atomic E-state index is 0.497. The van der Waals surface area contributed by atoms with Gasteiger partial charge in [-0.3, -0.25) is 0 Å². The molecular formula is C17H21ClNO+. The first-order valence-electron chi connectivity index (χ1n) is 6.93. The Bertz CT molecular complexity index is 554. The van der Waals surface area contributed by atoms with E-state index in [0.717, 1.165) is 22.9 Å². The smallest absolute Gasteiger partial charge is 0.120 e. The zero-order valence-electron chi connectivity index (χ0n) is 12.0. The van der Waals surface area contributed by atoms with Crippen LogP contribution >= 0.6 is 11.6 Å². The van der Waals surface area contributed by atoms with Crippen molar-refractivity contribution in [3.05, 3.63) is 64.7 Å². The van der Waals surface area contributed by atoms with E-state index in [-0.39, 0.29) is 0 Å². The molecule has 2 rings (SSSR count). The van der Waals surface area contributed by atoms with Crippen molar-refractivity contribution in [3.63, 3.8) is 0 Å². The van der Waals surface area contributed by atoms with E-state index in [1.54, 1.807) is 0 Å². The molecule has 2 nitrogen and oxygen atoms in total. The highest BCUT2D eigenvalue weighted by Crippen LogP contribution is 2.19. The van der Waals surface area contributed by atoms with E-state index in [1.165, 1.54) is 5.56 Å². The van der Waals surface area contributed by atoms with Crippen molar-refractivity contribution in [2.24, 2.45) is 0 Å². The first-order chi connectivity index (χ1) is 9.65. The molecule has 2 aromatic rings. The molecule has 0 heterocycles. The van der Waals surface area contributed by atoms with Gasteiger partial charge < -0.3 is 10.1 Å². The maximum absolute atomic E-state index is 6.12. The van der Waals surface area contributed by atoms with Crippen LogP contribution in [0.5, 0.6) is 5.75 Å². The van der Waals surface area contributed by atoms with E-state index in [9.17, 15) is 0 Å². The van der Waals surface area contributed by atoms with Gasteiger partial charge in [-0.25, -0.2) is 0 Å². The standard InChI is InChI=1S/C17H20ClNO/c1-13(2)19-11-14-6-5-8-16(10-14)20-12-15-7-3-4-9-17(15)18/h3-10,13,19H,11-12H2,1-2H3/p+1. The number of hydrogen-bond acceptors (Lipinski definition) is 1. The van der Waals surface area contributed by atoms with Crippen LogP contribution in [0.1, 0.15) is 25.0 Å². The lowest BCUT2D eigenvalue weighted by Gasteiger charge is -2.09. The molecule has 3 heteroatoms. The van der Waals surface area contributed by atoms with Gasteiger partial charge in [0, 0.05) is 16.1 Å². The van der Waals surface area contributed by atoms with Crippen molar-refractivity contribution in [1.29, 1.82) is 0 Å². The Morgan fingerprint density at radius 3 is 2.65 bits per heavy atom. The molecule has 106 valence electrons. The highest BCUT2D eigenvalue weighted by Gasteiger charge is 2.03. The lowest BCUT2D eigenvalue weighted by molar-refractivity contribution is -0.698. The number of nitrogens with two attached hydrogens (primary N) is 1. The highest BCUT2D eigenvalue weighted by molar-refractivity contribution is 6.31. The molecule has 2 N–H and O–H groups in total. The van der Waals surface area contributed by atoms with Gasteiger partial charge in [0.2, 0.25) is 0 Å². The summed E-state index contributed by atoms with van der Waals surface area (Å²) in [5.74, 6) is 0.888. The molecule has 0 saturated carbocycles. The highest BCUT2D eigenvalue weighted by atomic mass is 35.5. The molecule has 0 spiro atoms. The molecule has 0 amide bonds. The normalized spacial score (nSPS) is 10.8. The van der Waals surface area contributed by atoms with Crippen LogP contribution in [0.4, 0.5) is 0 Å². The molecule has 0 aliphatic rings. The number of rotatable bonds is 6. The van der Waals surface area contributed by atoms with Crippen LogP contribution < -0.4 is 10.1 Å². The SMILES string of the molecule is CC(C)[NH2+]Cc1cccc(OCc2ccccc2Cl)c1. The first-order valence-corrected chi connectivity index (χ1v) is 7.31. The van der Waals surface area contributed by atoms with Gasteiger partial charge >= 0.3 is 0 Å². The molecular weight excluding hydrogens is 270 g/mol. The minimum atomic E-state index is 0.497. The Hall–Kier alpha value is -1.51. The molecule has 0 aliphatic carbocycles. The van der Waals surface area contributed by atoms with Gasteiger partial charge in [0.25, 0.3) is 0 Å². The molecule has 2 aromatic carbocycles. The van der Waals surface area contributed by atoms with E-state index in [2.05, 4.69) is 31.3 Å². The van der Waals surface area contributed by atoms with Gasteiger partial charge in [-0.05, 0) is 32.0 Å². The molecule has 0 aromatic heterocycles. The lowest BCUT2D eigenvalue weighted by Crippen LogP contribution is -2.86. The second-order valence-electron chi connectivity index (χ2n) is 5.21. The van der Waals surface area contributed by atoms with Crippen molar-refractivity contribution in [2.75, 3.05) is 0 Å². The van der Waals surface area contributed by atoms with Crippen LogP contribution in [-0.4, -0.2) is 6.04 Å². The number of quaternary nitrogens is 1. The Balaban J connectivity index is 1.96. The number of hydrogen-bond donors (Lipinski definition) is 1. The summed E-state index contributed by atoms with van der Waals surface area (Å²) in [6, 6.07) is 16.6. The molecule has 0 radical (unpaired) electrons. The van der Waals surface area contributed by atoms with Crippen molar-refractivity contribution < 1.29 is 10.1 Å². The summed E-state index contributed by atoms with van der Waals surface area (Å²) in [7, 11) is 0. The minimum Gasteiger partial charge on any atom is -0.489 e. The van der Waals surface area contributed by atoms with Crippen LogP contribution in [0.3, 0.4) is 0 Å². The summed E-state index contributed by atoms with van der Waals surface area (Å²) in [6.07, 6.45) is 0. The summed E-state index contributed by atoms with van der Waals surface area (Å²) in [6.45, 7) is 5.85. The van der Waals surface area contributed by atoms with Gasteiger partial charge in [-0.1, -0.05) is 41.9 Å². The van der Waals surface area contributed by atoms with Crippen LogP contribution in [0.15, 0.2) is 48.5 Å². The van der Waals surface area contributed by atoms with E-state index >= 15 is 0 Å². The predicted octanol–water partition coefficient (Wildman–Crippen LogP) is 3.39. The average molecular weight is 291 g/mol. The molecule has 0 unspecified atom stereocenters. The second-order valence-corrected chi connectivity index (χ2v) is 5.62. The second kappa shape index (κ2) is 7.32. The Morgan fingerprint density at radius 2 is 1.90 bits per heavy atom. The molecule has 0 aliphatic heterocycles. The number of halogens is 1. The fraction of sp³-hybridized carbons (Fsp3) is 0.294. The maximum Gasteiger partial charge on any atom is 0.120 e. The largest absolute Gasteiger partial charge is 0.489 e. The maximum atomic E-state index is 6.12. The summed E-state index contributed by atoms with van der Waals surface area (Å²) < 4.78 is 5.82. The topological polar surface area (TPSA) is 25.8 Å². The molecule has 0 bridgehead atoms. The zero-order chi connectivity index (χ0) is 14.4. The number of ether oxygens (including phenoxy) is 1. The van der Waals surface area contributed by atoms with Gasteiger partial charge in [0.05, 0.1) is 6.04 Å². The Labute approximate surface area is 125 Å². The monoisotopic (exact) mass is 290 g/mol. The summed E-state index contributed by atoms with van der Waals surface area (Å²) in [5.41, 5.74) is 2.28. The predicted molar refractivity (Wildman–Crippen MR) is 83.0 cm³/mol. The van der Waals surface area contributed by atoms with Crippen molar-refractivity contribution in [1.82, 2.24) is 0 Å². The van der Waals surface area contributed by atoms with Gasteiger partial charge in [0.15, 0.2) is 0 Å². The van der Waals surface area contributed by atoms with E-state index < -0.39 is 0 Å². The fourth-order valence-corrected chi connectivity index (χ4v) is 2.10. The summed E-state index contributed by atoms with van der Waals surface area (Å²) in [5, 5.41) is 3.05. The average Bonchev–Trinajstić information content (AvgIpc) is 2.45. The van der Waals surface area contributed by atoms with Crippen LogP contribution in [0, 0.1) is 0 Å². The first kappa shape index (κ1) is 14.9. The third kappa shape index (κ3) is 4.55. The third-order valence-electron chi connectivity index (χ3n) is 3.08. The molecule has 0 saturated heterocycles. The number of benzene rings is 2. The van der Waals surface area contributed by atoms with Gasteiger partial charge in [0.1, 0.15) is 18.9 Å². The molecule has 0 atom stereocenters. The van der Waals surface area contributed by atoms with Crippen LogP contribution in [0.25, 0.3) is 0 Å². The fourth-order valence-electron chi connectivity index (χ4n) is 1.91. The van der Waals surface area contributed by atoms with E-state index in [1.807, 2.05) is 36.4 Å². The Morgan fingerprint density at radius 1 is 1.10 bits per heavy atom. The van der Waals surface area contributed by atoms with E-state index in [0.29, 0.717) is 12.6 Å². The lowest BCUT2D eigenvalue weighted by atomic mass is 10.2. The van der Waals surface area contributed by atoms with Gasteiger partial charge in [-0.2, -0.15) is 0 Å². The third-order valence-corrected chi connectivity index (χ3v) is 3.44. The molecule has 0 fully saturated rings. The van der Waals surface area contributed by atoms with Crippen LogP contribution in [-0.2, 0) is 13.2 Å². The summed E-state index contributed by atoms with van der Waals surface area (Å²) >= 11 is 6.12. The summed E-state index contributed by atoms with van der Waals surface area (Å²) in [4.78, 5) is 0. The quantitative estimate of drug-likeness (QED) is 0.867. The van der Waals surface area contributed by atoms with Crippen molar-refractivity contribution in [2.45, 2.75) is 33.0 Å².